The molecule has 3 atom stereocenters. The molecule has 0 heterocycles. The van der Waals surface area contributed by atoms with Crippen LogP contribution in [0.5, 0.6) is 0 Å². The van der Waals surface area contributed by atoms with Gasteiger partial charge in [-0.3, -0.25) is 18.6 Å². The van der Waals surface area contributed by atoms with Gasteiger partial charge in [-0.1, -0.05) is 193 Å². The van der Waals surface area contributed by atoms with E-state index < -0.39 is 51.1 Å². The minimum Gasteiger partial charge on any atom is -0.480 e. The predicted molar refractivity (Wildman–Crippen MR) is 222 cm³/mol. The summed E-state index contributed by atoms with van der Waals surface area (Å²) in [5, 5.41) is 8.88. The Hall–Kier alpha value is -2.04. The van der Waals surface area contributed by atoms with Gasteiger partial charge < -0.3 is 25.2 Å². The molecule has 0 bridgehead atoms. The highest BCUT2D eigenvalue weighted by molar-refractivity contribution is 7.47. The van der Waals surface area contributed by atoms with Crippen LogP contribution in [0.15, 0.2) is 24.3 Å². The smallest absolute Gasteiger partial charge is 0.472 e. The van der Waals surface area contributed by atoms with Gasteiger partial charge in [0.25, 0.3) is 0 Å². The van der Waals surface area contributed by atoms with Gasteiger partial charge in [0.1, 0.15) is 12.6 Å². The first-order chi connectivity index (χ1) is 26.6. The van der Waals surface area contributed by atoms with Crippen LogP contribution in [0.1, 0.15) is 200 Å². The fourth-order valence-electron chi connectivity index (χ4n) is 6.09. The monoisotopic (exact) mass is 802 g/mol. The average molecular weight is 802 g/mol. The van der Waals surface area contributed by atoms with Gasteiger partial charge in [0.2, 0.25) is 0 Å². The third-order valence-electron chi connectivity index (χ3n) is 9.56. The number of allylic oxidation sites excluding steroid dienone is 3. The summed E-state index contributed by atoms with van der Waals surface area (Å²) >= 11 is 0. The number of carbonyl (C=O) groups is 3. The molecule has 0 aliphatic rings. The van der Waals surface area contributed by atoms with Gasteiger partial charge in [0.15, 0.2) is 6.10 Å². The number of aliphatic carboxylic acids is 1. The summed E-state index contributed by atoms with van der Waals surface area (Å²) in [6, 6.07) is -1.53. The van der Waals surface area contributed by atoms with Crippen molar-refractivity contribution < 1.29 is 47.5 Å². The fourth-order valence-corrected chi connectivity index (χ4v) is 6.87. The van der Waals surface area contributed by atoms with E-state index in [0.717, 1.165) is 32.1 Å². The zero-order chi connectivity index (χ0) is 40.7. The van der Waals surface area contributed by atoms with Crippen LogP contribution in [0, 0.1) is 0 Å². The second-order valence-electron chi connectivity index (χ2n) is 14.9. The maximum atomic E-state index is 12.5. The van der Waals surface area contributed by atoms with Crippen molar-refractivity contribution in [2.75, 3.05) is 19.8 Å². The van der Waals surface area contributed by atoms with Crippen molar-refractivity contribution in [2.45, 2.75) is 212 Å². The van der Waals surface area contributed by atoms with Crippen LogP contribution in [-0.4, -0.2) is 59.9 Å². The van der Waals surface area contributed by atoms with Crippen molar-refractivity contribution in [1.29, 1.82) is 0 Å². The molecule has 4 N–H and O–H groups in total. The Morgan fingerprint density at radius 3 is 1.47 bits per heavy atom. The maximum absolute atomic E-state index is 12.5. The number of nitrogens with two attached hydrogens (primary N) is 1. The number of phosphoric acid groups is 1. The SMILES string of the molecule is CCCCCCCCCCCCC/C=C/C=C/C(=O)O[C@H](COC(=O)CCCCCCCCCCCCCCCCCC)COP(=O)(O)OC[C@H](N)C(=O)O. The molecule has 0 radical (unpaired) electrons. The highest BCUT2D eigenvalue weighted by Gasteiger charge is 2.27. The number of carbonyl (C=O) groups excluding carboxylic acids is 2. The Bertz CT molecular complexity index is 1040. The lowest BCUT2D eigenvalue weighted by molar-refractivity contribution is -0.157. The standard InChI is InChI=1S/C43H80NO10P/c1-3-5-7-9-11-13-15-17-19-21-22-24-26-28-30-32-34-41(45)51-36-39(37-52-55(49,50)53-38-40(44)43(47)48)54-42(46)35-33-31-29-27-25-23-20-18-16-14-12-10-8-6-4-2/h29,31,33,35,39-40H,3-28,30,32,34,36-38,44H2,1-2H3,(H,47,48)(H,49,50)/b31-29+,35-33+/t39-,40+/m1/s1. The van der Waals surface area contributed by atoms with E-state index in [-0.39, 0.29) is 13.0 Å². The number of carboxylic acids is 1. The molecule has 1 unspecified atom stereocenters. The first-order valence-electron chi connectivity index (χ1n) is 21.9. The normalized spacial score (nSPS) is 14.0. The summed E-state index contributed by atoms with van der Waals surface area (Å²) in [6.07, 6.45) is 40.2. The second-order valence-corrected chi connectivity index (χ2v) is 16.4. The molecule has 0 aromatic rings. The number of carboxylic acid groups (broad SMARTS) is 1. The van der Waals surface area contributed by atoms with Crippen molar-refractivity contribution in [2.24, 2.45) is 5.73 Å². The molecule has 12 heteroatoms. The minimum absolute atomic E-state index is 0.207. The first kappa shape index (κ1) is 53.0. The van der Waals surface area contributed by atoms with Gasteiger partial charge in [0.05, 0.1) is 13.2 Å². The number of unbranched alkanes of at least 4 members (excludes halogenated alkanes) is 26. The fraction of sp³-hybridized carbons (Fsp3) is 0.837. The van der Waals surface area contributed by atoms with Gasteiger partial charge in [-0.2, -0.15) is 0 Å². The summed E-state index contributed by atoms with van der Waals surface area (Å²) in [4.78, 5) is 45.8. The zero-order valence-electron chi connectivity index (χ0n) is 34.8. The van der Waals surface area contributed by atoms with E-state index in [1.165, 1.54) is 147 Å². The Morgan fingerprint density at radius 2 is 1.02 bits per heavy atom. The average Bonchev–Trinajstić information content (AvgIpc) is 3.16. The van der Waals surface area contributed by atoms with Crippen LogP contribution in [0.2, 0.25) is 0 Å². The summed E-state index contributed by atoms with van der Waals surface area (Å²) in [5.41, 5.74) is 5.32. The Kier molecular flexibility index (Phi) is 37.4. The van der Waals surface area contributed by atoms with E-state index in [0.29, 0.717) is 6.42 Å². The van der Waals surface area contributed by atoms with E-state index in [1.807, 2.05) is 6.08 Å². The number of rotatable bonds is 41. The van der Waals surface area contributed by atoms with E-state index in [2.05, 4.69) is 18.4 Å². The van der Waals surface area contributed by atoms with Crippen molar-refractivity contribution in [3.63, 3.8) is 0 Å². The van der Waals surface area contributed by atoms with Gasteiger partial charge in [-0.25, -0.2) is 9.36 Å². The second kappa shape index (κ2) is 38.8. The quantitative estimate of drug-likeness (QED) is 0.0177. The molecule has 0 saturated heterocycles. The lowest BCUT2D eigenvalue weighted by Crippen LogP contribution is -2.34. The zero-order valence-corrected chi connectivity index (χ0v) is 35.7. The van der Waals surface area contributed by atoms with Crippen molar-refractivity contribution in [1.82, 2.24) is 0 Å². The van der Waals surface area contributed by atoms with E-state index >= 15 is 0 Å². The maximum Gasteiger partial charge on any atom is 0.472 e. The minimum atomic E-state index is -4.74. The highest BCUT2D eigenvalue weighted by atomic mass is 31.2. The lowest BCUT2D eigenvalue weighted by atomic mass is 10.0. The van der Waals surface area contributed by atoms with Gasteiger partial charge in [-0.15, -0.1) is 0 Å². The van der Waals surface area contributed by atoms with Crippen LogP contribution in [-0.2, 0) is 37.5 Å². The molecule has 0 fully saturated rings. The molecule has 0 aromatic heterocycles. The first-order valence-corrected chi connectivity index (χ1v) is 23.4. The summed E-state index contributed by atoms with van der Waals surface area (Å²) in [5.74, 6) is -2.63. The number of hydrogen-bond acceptors (Lipinski definition) is 9. The molecule has 55 heavy (non-hydrogen) atoms. The molecule has 11 nitrogen and oxygen atoms in total. The molecule has 0 aliphatic carbocycles. The molecule has 0 saturated carbocycles. The Labute approximate surface area is 334 Å². The molecule has 0 aromatic carbocycles. The Morgan fingerprint density at radius 1 is 0.600 bits per heavy atom. The van der Waals surface area contributed by atoms with E-state index in [4.69, 9.17) is 24.8 Å². The molecule has 0 aliphatic heterocycles. The molecule has 0 spiro atoms. The molecule has 0 rings (SSSR count). The molecular formula is C43H80NO10P. The third-order valence-corrected chi connectivity index (χ3v) is 10.5. The number of ether oxygens (including phenoxy) is 2. The van der Waals surface area contributed by atoms with E-state index in [9.17, 15) is 23.8 Å². The number of phosphoric ester groups is 1. The van der Waals surface area contributed by atoms with E-state index in [1.54, 1.807) is 12.2 Å². The predicted octanol–water partition coefficient (Wildman–Crippen LogP) is 11.5. The molecular weight excluding hydrogens is 721 g/mol. The molecule has 0 amide bonds. The van der Waals surface area contributed by atoms with Crippen molar-refractivity contribution >= 4 is 25.7 Å². The molecule has 322 valence electrons. The number of esters is 2. The largest absolute Gasteiger partial charge is 0.480 e. The highest BCUT2D eigenvalue weighted by Crippen LogP contribution is 2.43. The van der Waals surface area contributed by atoms with Crippen LogP contribution in [0.25, 0.3) is 0 Å². The van der Waals surface area contributed by atoms with Gasteiger partial charge in [-0.05, 0) is 19.3 Å². The lowest BCUT2D eigenvalue weighted by Gasteiger charge is -2.19. The third kappa shape index (κ3) is 38.6. The Balaban J connectivity index is 4.43. The van der Waals surface area contributed by atoms with Gasteiger partial charge in [0, 0.05) is 12.5 Å². The van der Waals surface area contributed by atoms with Gasteiger partial charge >= 0.3 is 25.7 Å². The summed E-state index contributed by atoms with van der Waals surface area (Å²) < 4.78 is 32.5. The summed E-state index contributed by atoms with van der Waals surface area (Å²) in [7, 11) is -4.74. The number of hydrogen-bond donors (Lipinski definition) is 3. The summed E-state index contributed by atoms with van der Waals surface area (Å²) in [6.45, 7) is 2.71. The topological polar surface area (TPSA) is 172 Å². The van der Waals surface area contributed by atoms with Crippen molar-refractivity contribution in [3.8, 4) is 0 Å². The van der Waals surface area contributed by atoms with Crippen molar-refractivity contribution in [3.05, 3.63) is 24.3 Å². The van der Waals surface area contributed by atoms with Crippen LogP contribution < -0.4 is 5.73 Å². The van der Waals surface area contributed by atoms with Crippen LogP contribution in [0.4, 0.5) is 0 Å². The van der Waals surface area contributed by atoms with Crippen LogP contribution in [0.3, 0.4) is 0 Å². The van der Waals surface area contributed by atoms with Crippen LogP contribution >= 0.6 is 7.82 Å².